The predicted molar refractivity (Wildman–Crippen MR) is 144 cm³/mol. The molecule has 2 fully saturated rings. The van der Waals surface area contributed by atoms with Crippen LogP contribution in [0.2, 0.25) is 0 Å². The molecule has 10 atom stereocenters. The maximum absolute atomic E-state index is 12.8. The van der Waals surface area contributed by atoms with Gasteiger partial charge in [0.15, 0.2) is 18.5 Å². The van der Waals surface area contributed by atoms with Gasteiger partial charge in [0, 0.05) is 33.6 Å². The number of ether oxygens (including phenoxy) is 8. The number of carbonyl (C=O) groups is 5. The van der Waals surface area contributed by atoms with Crippen LogP contribution in [0, 0.1) is 11.8 Å². The van der Waals surface area contributed by atoms with Gasteiger partial charge in [-0.2, -0.15) is 0 Å². The largest absolute Gasteiger partial charge is 0.463 e. The van der Waals surface area contributed by atoms with E-state index < -0.39 is 90.0 Å². The molecule has 0 saturated carbocycles. The summed E-state index contributed by atoms with van der Waals surface area (Å²) in [5.41, 5.74) is 0. The average molecular weight is 665 g/mol. The Kier molecular flexibility index (Phi) is 13.4. The first kappa shape index (κ1) is 36.1. The zero-order valence-electron chi connectivity index (χ0n) is 24.1. The van der Waals surface area contributed by atoms with E-state index in [1.165, 1.54) is 6.92 Å². The average Bonchev–Trinajstić information content (AvgIpc) is 2.84. The van der Waals surface area contributed by atoms with Crippen LogP contribution in [0.5, 0.6) is 0 Å². The smallest absolute Gasteiger partial charge is 0.407 e. The Morgan fingerprint density at radius 3 is 1.81 bits per heavy atom. The molecule has 42 heavy (non-hydrogen) atoms. The van der Waals surface area contributed by atoms with Crippen molar-refractivity contribution in [3.63, 3.8) is 0 Å². The van der Waals surface area contributed by atoms with E-state index in [9.17, 15) is 24.0 Å². The van der Waals surface area contributed by atoms with E-state index in [4.69, 9.17) is 72.7 Å². The summed E-state index contributed by atoms with van der Waals surface area (Å²) in [6.45, 7) is 9.00. The number of hydrogen-bond acceptors (Lipinski definition) is 13. The molecule has 0 aromatic carbocycles. The first-order valence-electron chi connectivity index (χ1n) is 13.0. The number of halogens is 3. The number of alkyl carbamates (subject to hydrolysis) is 1. The lowest BCUT2D eigenvalue weighted by atomic mass is 9.84. The summed E-state index contributed by atoms with van der Waals surface area (Å²) in [6.07, 6.45) is -9.39. The minimum atomic E-state index is -1.95. The monoisotopic (exact) mass is 663 g/mol. The van der Waals surface area contributed by atoms with E-state index in [0.717, 1.165) is 20.8 Å². The molecule has 0 aromatic rings. The molecular weight excluding hydrogens is 629 g/mol. The highest BCUT2D eigenvalue weighted by atomic mass is 35.6. The van der Waals surface area contributed by atoms with E-state index in [1.54, 1.807) is 6.92 Å². The Balaban J connectivity index is 2.58. The lowest BCUT2D eigenvalue weighted by Crippen LogP contribution is -2.68. The number of nitrogens with one attached hydrogen (secondary N) is 1. The summed E-state index contributed by atoms with van der Waals surface area (Å²) in [7, 11) is 0. The van der Waals surface area contributed by atoms with Crippen LogP contribution < -0.4 is 5.32 Å². The number of alkyl halides is 3. The molecule has 0 aliphatic carbocycles. The quantitative estimate of drug-likeness (QED) is 0.217. The van der Waals surface area contributed by atoms with Crippen molar-refractivity contribution in [3.05, 3.63) is 0 Å². The second kappa shape index (κ2) is 15.6. The molecule has 240 valence electrons. The molecule has 1 N–H and O–H groups in total. The second-order valence-electron chi connectivity index (χ2n) is 9.99. The van der Waals surface area contributed by atoms with Gasteiger partial charge in [-0.1, -0.05) is 48.7 Å². The molecule has 17 heteroatoms. The van der Waals surface area contributed by atoms with Crippen LogP contribution in [0.3, 0.4) is 0 Å². The number of esters is 4. The van der Waals surface area contributed by atoms with Gasteiger partial charge in [0.2, 0.25) is 10.1 Å². The fraction of sp³-hybridized carbons (Fsp3) is 0.800. The number of carbonyl (C=O) groups excluding carboxylic acids is 5. The van der Waals surface area contributed by atoms with Crippen molar-refractivity contribution >= 4 is 64.8 Å². The van der Waals surface area contributed by atoms with Gasteiger partial charge in [0.1, 0.15) is 31.5 Å². The van der Waals surface area contributed by atoms with Crippen molar-refractivity contribution in [1.29, 1.82) is 0 Å². The molecule has 0 aromatic heterocycles. The zero-order valence-corrected chi connectivity index (χ0v) is 26.4. The molecule has 2 saturated heterocycles. The van der Waals surface area contributed by atoms with E-state index in [0.29, 0.717) is 0 Å². The summed E-state index contributed by atoms with van der Waals surface area (Å²) in [6, 6.07) is -1.44. The molecule has 2 aliphatic rings. The molecule has 2 rings (SSSR count). The van der Waals surface area contributed by atoms with Gasteiger partial charge in [-0.3, -0.25) is 19.2 Å². The van der Waals surface area contributed by atoms with Crippen molar-refractivity contribution in [2.75, 3.05) is 13.2 Å². The standard InChI is InChI=1S/C25H36Cl3NO13/c1-10-11(2)19(38-14(5)31)23(37-12(10)3)42-21-18(29-24(34)36-9-25(26,27)28)22(40-16(7)33)41-17(8-35-13(4)30)20(21)39-15(6)32/h10-12,17-23H,8-9H2,1-7H3,(H,29,34)/t10-,11-,12?,17?,18?,19?,20-,21+,22?,23-/m0/s1. The van der Waals surface area contributed by atoms with Crippen LogP contribution in [0.4, 0.5) is 4.79 Å². The molecule has 1 amide bonds. The van der Waals surface area contributed by atoms with Gasteiger partial charge in [-0.05, 0) is 12.8 Å². The minimum Gasteiger partial charge on any atom is -0.463 e. The van der Waals surface area contributed by atoms with E-state index in [1.807, 2.05) is 13.8 Å². The third-order valence-corrected chi connectivity index (χ3v) is 6.96. The third kappa shape index (κ3) is 10.9. The second-order valence-corrected chi connectivity index (χ2v) is 12.5. The number of rotatable bonds is 9. The SMILES string of the molecule is CC(=O)OCC1OC(OC(C)=O)C(NC(=O)OCC(Cl)(Cl)Cl)[C@@H](O[C@@H]2OC(C)[C@@H](C)[C@H](C)C2OC(C)=O)[C@H]1OC(C)=O. The van der Waals surface area contributed by atoms with Gasteiger partial charge >= 0.3 is 30.0 Å². The Bertz CT molecular complexity index is 993. The third-order valence-electron chi connectivity index (χ3n) is 6.63. The predicted octanol–water partition coefficient (Wildman–Crippen LogP) is 2.57. The van der Waals surface area contributed by atoms with Gasteiger partial charge in [0.25, 0.3) is 0 Å². The van der Waals surface area contributed by atoms with E-state index in [2.05, 4.69) is 5.32 Å². The normalized spacial score (nSPS) is 33.1. The van der Waals surface area contributed by atoms with Crippen molar-refractivity contribution in [1.82, 2.24) is 5.32 Å². The Hall–Kier alpha value is -2.10. The van der Waals surface area contributed by atoms with Gasteiger partial charge < -0.3 is 43.2 Å². The van der Waals surface area contributed by atoms with Gasteiger partial charge in [0.05, 0.1) is 6.10 Å². The zero-order chi connectivity index (χ0) is 31.9. The van der Waals surface area contributed by atoms with Crippen molar-refractivity contribution in [2.45, 2.75) is 101 Å². The molecule has 2 heterocycles. The van der Waals surface area contributed by atoms with E-state index in [-0.39, 0.29) is 17.9 Å². The maximum atomic E-state index is 12.8. The molecule has 0 bridgehead atoms. The van der Waals surface area contributed by atoms with Crippen molar-refractivity contribution < 1.29 is 61.9 Å². The molecule has 14 nitrogen and oxygen atoms in total. The topological polar surface area (TPSA) is 171 Å². The van der Waals surface area contributed by atoms with Crippen LogP contribution in [-0.4, -0.2) is 96.1 Å². The highest BCUT2D eigenvalue weighted by molar-refractivity contribution is 6.67. The van der Waals surface area contributed by atoms with Crippen molar-refractivity contribution in [2.24, 2.45) is 11.8 Å². The first-order valence-corrected chi connectivity index (χ1v) is 14.1. The van der Waals surface area contributed by atoms with Gasteiger partial charge in [-0.15, -0.1) is 0 Å². The minimum absolute atomic E-state index is 0.0653. The van der Waals surface area contributed by atoms with Crippen LogP contribution in [-0.2, 0) is 57.1 Å². The van der Waals surface area contributed by atoms with Crippen LogP contribution in [0.15, 0.2) is 0 Å². The van der Waals surface area contributed by atoms with Crippen LogP contribution in [0.1, 0.15) is 48.5 Å². The lowest BCUT2D eigenvalue weighted by molar-refractivity contribution is -0.329. The number of amides is 1. The molecule has 0 spiro atoms. The van der Waals surface area contributed by atoms with Crippen LogP contribution in [0.25, 0.3) is 0 Å². The summed E-state index contributed by atoms with van der Waals surface area (Å²) in [5, 5.41) is 2.44. The summed E-state index contributed by atoms with van der Waals surface area (Å²) >= 11 is 17.0. The fourth-order valence-corrected chi connectivity index (χ4v) is 4.65. The summed E-state index contributed by atoms with van der Waals surface area (Å²) in [4.78, 5) is 60.6. The maximum Gasteiger partial charge on any atom is 0.407 e. The van der Waals surface area contributed by atoms with Crippen LogP contribution >= 0.6 is 34.8 Å². The highest BCUT2D eigenvalue weighted by Gasteiger charge is 2.54. The van der Waals surface area contributed by atoms with Gasteiger partial charge in [-0.25, -0.2) is 4.79 Å². The first-order chi connectivity index (χ1) is 19.4. The molecule has 0 radical (unpaired) electrons. The highest BCUT2D eigenvalue weighted by Crippen LogP contribution is 2.36. The molecule has 5 unspecified atom stereocenters. The number of hydrogen-bond donors (Lipinski definition) is 1. The Labute approximate surface area is 258 Å². The summed E-state index contributed by atoms with van der Waals surface area (Å²) < 4.78 is 42.7. The Morgan fingerprint density at radius 2 is 1.29 bits per heavy atom. The summed E-state index contributed by atoms with van der Waals surface area (Å²) in [5.74, 6) is -3.23. The van der Waals surface area contributed by atoms with E-state index >= 15 is 0 Å². The lowest BCUT2D eigenvalue weighted by Gasteiger charge is -2.48. The molecule has 2 aliphatic heterocycles. The fourth-order valence-electron chi connectivity index (χ4n) is 4.48. The Morgan fingerprint density at radius 1 is 0.714 bits per heavy atom. The van der Waals surface area contributed by atoms with Crippen molar-refractivity contribution in [3.8, 4) is 0 Å². The molecular formula is C25H36Cl3NO13.